The number of fused-ring (bicyclic) bond motifs is 1. The van der Waals surface area contributed by atoms with Gasteiger partial charge in [-0.25, -0.2) is 8.78 Å². The van der Waals surface area contributed by atoms with Gasteiger partial charge in [0.25, 0.3) is 0 Å². The third kappa shape index (κ3) is 8.60. The SMILES string of the molecule is CC(C)(C)Oc1ccc2c(c1)[C@@H](NC[C@@H](O)[C@H](Cc1cc(F)cc(F)c1)NC(=O)Cc1ccccc1)CCC2. The second-order valence-electron chi connectivity index (χ2n) is 11.3. The number of aliphatic hydroxyl groups is 1. The third-order valence-electron chi connectivity index (χ3n) is 6.83. The van der Waals surface area contributed by atoms with Crippen molar-refractivity contribution in [3.63, 3.8) is 0 Å². The Balaban J connectivity index is 1.47. The Kier molecular flexibility index (Phi) is 9.36. The summed E-state index contributed by atoms with van der Waals surface area (Å²) in [6.45, 7) is 6.22. The van der Waals surface area contributed by atoms with Crippen LogP contribution >= 0.6 is 0 Å². The Morgan fingerprint density at radius 1 is 1.03 bits per heavy atom. The fraction of sp³-hybridized carbons (Fsp3) is 0.406. The molecule has 0 fully saturated rings. The number of ether oxygens (including phenoxy) is 1. The van der Waals surface area contributed by atoms with Gasteiger partial charge in [0, 0.05) is 18.7 Å². The number of nitrogens with one attached hydrogen (secondary N) is 2. The Morgan fingerprint density at radius 2 is 1.74 bits per heavy atom. The summed E-state index contributed by atoms with van der Waals surface area (Å²) in [6, 6.07) is 18.0. The first kappa shape index (κ1) is 28.7. The first-order valence-corrected chi connectivity index (χ1v) is 13.6. The number of aliphatic hydroxyl groups excluding tert-OH is 1. The molecule has 1 aliphatic carbocycles. The summed E-state index contributed by atoms with van der Waals surface area (Å²) < 4.78 is 33.8. The number of amides is 1. The summed E-state index contributed by atoms with van der Waals surface area (Å²) in [5.74, 6) is -0.859. The van der Waals surface area contributed by atoms with Crippen LogP contribution in [-0.2, 0) is 24.1 Å². The highest BCUT2D eigenvalue weighted by Crippen LogP contribution is 2.33. The highest BCUT2D eigenvalue weighted by Gasteiger charge is 2.26. The van der Waals surface area contributed by atoms with Crippen LogP contribution < -0.4 is 15.4 Å². The van der Waals surface area contributed by atoms with Gasteiger partial charge < -0.3 is 20.5 Å². The molecular weight excluding hydrogens is 498 g/mol. The molecule has 7 heteroatoms. The maximum Gasteiger partial charge on any atom is 0.224 e. The molecule has 0 radical (unpaired) electrons. The van der Waals surface area contributed by atoms with Crippen molar-refractivity contribution < 1.29 is 23.4 Å². The molecule has 0 unspecified atom stereocenters. The van der Waals surface area contributed by atoms with Crippen LogP contribution in [0.15, 0.2) is 66.7 Å². The van der Waals surface area contributed by atoms with Crippen molar-refractivity contribution in [2.75, 3.05) is 6.54 Å². The number of benzene rings is 3. The van der Waals surface area contributed by atoms with Gasteiger partial charge in [0.1, 0.15) is 23.0 Å². The number of carbonyl (C=O) groups excluding carboxylic acids is 1. The standard InChI is InChI=1S/C32H38F2N2O3/c1-32(2,3)39-26-13-12-23-10-7-11-28(27(23)19-26)35-20-30(37)29(16-22-14-24(33)18-25(34)15-22)36-31(38)17-21-8-5-4-6-9-21/h4-6,8-9,12-15,18-19,28-30,35,37H,7,10-11,16-17,20H2,1-3H3,(H,36,38)/t28-,29-,30+/m0/s1. The van der Waals surface area contributed by atoms with Gasteiger partial charge in [-0.15, -0.1) is 0 Å². The van der Waals surface area contributed by atoms with Gasteiger partial charge in [0.2, 0.25) is 5.91 Å². The molecule has 0 saturated carbocycles. The molecule has 3 aromatic carbocycles. The summed E-state index contributed by atoms with van der Waals surface area (Å²) in [5, 5.41) is 17.6. The van der Waals surface area contributed by atoms with E-state index in [1.807, 2.05) is 57.2 Å². The molecule has 1 amide bonds. The van der Waals surface area contributed by atoms with Gasteiger partial charge >= 0.3 is 0 Å². The van der Waals surface area contributed by atoms with Gasteiger partial charge in [-0.1, -0.05) is 36.4 Å². The lowest BCUT2D eigenvalue weighted by Gasteiger charge is -2.31. The number of aryl methyl sites for hydroxylation is 1. The molecule has 208 valence electrons. The minimum atomic E-state index is -0.990. The van der Waals surface area contributed by atoms with Crippen molar-refractivity contribution in [3.8, 4) is 5.75 Å². The number of rotatable bonds is 10. The van der Waals surface area contributed by atoms with E-state index >= 15 is 0 Å². The minimum absolute atomic E-state index is 0.0132. The fourth-order valence-corrected chi connectivity index (χ4v) is 5.12. The van der Waals surface area contributed by atoms with Crippen LogP contribution in [0.25, 0.3) is 0 Å². The number of carbonyl (C=O) groups is 1. The summed E-state index contributed by atoms with van der Waals surface area (Å²) in [6.07, 6.45) is 2.13. The summed E-state index contributed by atoms with van der Waals surface area (Å²) >= 11 is 0. The van der Waals surface area contributed by atoms with Crippen LogP contribution in [0.4, 0.5) is 8.78 Å². The lowest BCUT2D eigenvalue weighted by atomic mass is 9.87. The van der Waals surface area contributed by atoms with Crippen molar-refractivity contribution in [2.45, 2.75) is 76.7 Å². The monoisotopic (exact) mass is 536 g/mol. The van der Waals surface area contributed by atoms with Crippen LogP contribution in [0.2, 0.25) is 0 Å². The molecule has 3 aromatic rings. The molecule has 4 rings (SSSR count). The van der Waals surface area contributed by atoms with E-state index in [1.54, 1.807) is 0 Å². The molecule has 0 saturated heterocycles. The molecule has 1 aliphatic rings. The second kappa shape index (κ2) is 12.7. The molecule has 0 aromatic heterocycles. The average molecular weight is 537 g/mol. The van der Waals surface area contributed by atoms with Gasteiger partial charge in [0.15, 0.2) is 0 Å². The number of halogens is 2. The van der Waals surface area contributed by atoms with E-state index in [9.17, 15) is 18.7 Å². The fourth-order valence-electron chi connectivity index (χ4n) is 5.12. The van der Waals surface area contributed by atoms with E-state index in [0.29, 0.717) is 5.56 Å². The topological polar surface area (TPSA) is 70.6 Å². The Hall–Kier alpha value is -3.29. The van der Waals surface area contributed by atoms with E-state index < -0.39 is 23.8 Å². The molecule has 0 spiro atoms. The number of hydrogen-bond acceptors (Lipinski definition) is 4. The molecular formula is C32H38F2N2O3. The third-order valence-corrected chi connectivity index (χ3v) is 6.83. The Labute approximate surface area is 229 Å². The van der Waals surface area contributed by atoms with E-state index in [1.165, 1.54) is 17.7 Å². The lowest BCUT2D eigenvalue weighted by Crippen LogP contribution is -2.49. The van der Waals surface area contributed by atoms with Crippen molar-refractivity contribution in [3.05, 3.63) is 101 Å². The van der Waals surface area contributed by atoms with Crippen molar-refractivity contribution >= 4 is 5.91 Å². The van der Waals surface area contributed by atoms with Gasteiger partial charge in [-0.2, -0.15) is 0 Å². The first-order chi connectivity index (χ1) is 18.6. The maximum atomic E-state index is 13.9. The first-order valence-electron chi connectivity index (χ1n) is 13.6. The lowest BCUT2D eigenvalue weighted by molar-refractivity contribution is -0.122. The van der Waals surface area contributed by atoms with Crippen molar-refractivity contribution in [1.29, 1.82) is 0 Å². The molecule has 3 atom stereocenters. The normalized spacial score (nSPS) is 16.7. The van der Waals surface area contributed by atoms with E-state index in [2.05, 4.69) is 22.8 Å². The maximum absolute atomic E-state index is 13.9. The molecule has 3 N–H and O–H groups in total. The van der Waals surface area contributed by atoms with E-state index in [0.717, 1.165) is 42.2 Å². The van der Waals surface area contributed by atoms with E-state index in [-0.39, 0.29) is 36.9 Å². The zero-order valence-electron chi connectivity index (χ0n) is 22.8. The van der Waals surface area contributed by atoms with Crippen LogP contribution in [0, 0.1) is 11.6 Å². The van der Waals surface area contributed by atoms with Crippen molar-refractivity contribution in [1.82, 2.24) is 10.6 Å². The summed E-state index contributed by atoms with van der Waals surface area (Å²) in [7, 11) is 0. The predicted molar refractivity (Wildman–Crippen MR) is 149 cm³/mol. The largest absolute Gasteiger partial charge is 0.488 e. The van der Waals surface area contributed by atoms with Gasteiger partial charge in [-0.05, 0) is 93.0 Å². The summed E-state index contributed by atoms with van der Waals surface area (Å²) in [5.41, 5.74) is 3.28. The zero-order valence-corrected chi connectivity index (χ0v) is 22.8. The van der Waals surface area contributed by atoms with Crippen LogP contribution in [0.5, 0.6) is 5.75 Å². The summed E-state index contributed by atoms with van der Waals surface area (Å²) in [4.78, 5) is 12.9. The Morgan fingerprint density at radius 3 is 2.44 bits per heavy atom. The highest BCUT2D eigenvalue weighted by atomic mass is 19.1. The van der Waals surface area contributed by atoms with E-state index in [4.69, 9.17) is 4.74 Å². The second-order valence-corrected chi connectivity index (χ2v) is 11.3. The number of hydrogen-bond donors (Lipinski definition) is 3. The molecule has 0 aliphatic heterocycles. The van der Waals surface area contributed by atoms with Crippen LogP contribution in [-0.4, -0.2) is 35.3 Å². The molecule has 0 heterocycles. The quantitative estimate of drug-likeness (QED) is 0.323. The van der Waals surface area contributed by atoms with Crippen LogP contribution in [0.3, 0.4) is 0 Å². The highest BCUT2D eigenvalue weighted by molar-refractivity contribution is 5.79. The molecule has 39 heavy (non-hydrogen) atoms. The zero-order chi connectivity index (χ0) is 28.0. The minimum Gasteiger partial charge on any atom is -0.488 e. The Bertz CT molecular complexity index is 1240. The van der Waals surface area contributed by atoms with Crippen molar-refractivity contribution in [2.24, 2.45) is 0 Å². The molecule has 0 bridgehead atoms. The predicted octanol–water partition coefficient (Wildman–Crippen LogP) is 5.44. The van der Waals surface area contributed by atoms with Crippen LogP contribution in [0.1, 0.15) is 61.9 Å². The molecule has 5 nitrogen and oxygen atoms in total. The smallest absolute Gasteiger partial charge is 0.224 e. The van der Waals surface area contributed by atoms with Gasteiger partial charge in [0.05, 0.1) is 18.6 Å². The average Bonchev–Trinajstić information content (AvgIpc) is 2.86. The van der Waals surface area contributed by atoms with Gasteiger partial charge in [-0.3, -0.25) is 4.79 Å².